The van der Waals surface area contributed by atoms with Crippen molar-refractivity contribution in [3.63, 3.8) is 0 Å². The van der Waals surface area contributed by atoms with E-state index < -0.39 is 10.0 Å². The first-order valence-electron chi connectivity index (χ1n) is 5.53. The second kappa shape index (κ2) is 5.51. The summed E-state index contributed by atoms with van der Waals surface area (Å²) in [5.74, 6) is 0.435. The first kappa shape index (κ1) is 13.3. The number of hydrogen-bond donors (Lipinski definition) is 0. The molecular weight excluding hydrogens is 234 g/mol. The van der Waals surface area contributed by atoms with Gasteiger partial charge in [0.1, 0.15) is 0 Å². The van der Waals surface area contributed by atoms with E-state index in [9.17, 15) is 8.42 Å². The highest BCUT2D eigenvalue weighted by molar-refractivity contribution is 7.89. The Labute approximate surface area is 97.8 Å². The molecular formula is C10H20ClNO2S. The molecule has 1 atom stereocenters. The average molecular weight is 254 g/mol. The Hall–Kier alpha value is 0.200. The highest BCUT2D eigenvalue weighted by atomic mass is 35.5. The molecule has 0 bridgehead atoms. The van der Waals surface area contributed by atoms with E-state index in [1.165, 1.54) is 0 Å². The quantitative estimate of drug-likeness (QED) is 0.722. The van der Waals surface area contributed by atoms with Gasteiger partial charge in [-0.3, -0.25) is 0 Å². The van der Waals surface area contributed by atoms with E-state index in [2.05, 4.69) is 0 Å². The van der Waals surface area contributed by atoms with Gasteiger partial charge in [0.25, 0.3) is 0 Å². The van der Waals surface area contributed by atoms with E-state index in [1.807, 2.05) is 13.8 Å². The zero-order valence-corrected chi connectivity index (χ0v) is 11.0. The van der Waals surface area contributed by atoms with E-state index in [1.54, 1.807) is 4.31 Å². The summed E-state index contributed by atoms with van der Waals surface area (Å²) < 4.78 is 25.5. The molecule has 1 aliphatic heterocycles. The number of rotatable bonds is 3. The van der Waals surface area contributed by atoms with Crippen LogP contribution in [0.25, 0.3) is 0 Å². The number of sulfonamides is 1. The van der Waals surface area contributed by atoms with Gasteiger partial charge in [-0.15, -0.1) is 11.6 Å². The lowest BCUT2D eigenvalue weighted by Gasteiger charge is -2.20. The summed E-state index contributed by atoms with van der Waals surface area (Å²) in [5, 5.41) is 0.143. The topological polar surface area (TPSA) is 37.4 Å². The van der Waals surface area contributed by atoms with Gasteiger partial charge < -0.3 is 0 Å². The maximum atomic E-state index is 11.9. The van der Waals surface area contributed by atoms with Gasteiger partial charge in [0, 0.05) is 18.5 Å². The molecule has 15 heavy (non-hydrogen) atoms. The minimum Gasteiger partial charge on any atom is -0.212 e. The molecule has 0 saturated carbocycles. The zero-order valence-electron chi connectivity index (χ0n) is 9.45. The van der Waals surface area contributed by atoms with Gasteiger partial charge >= 0.3 is 0 Å². The number of halogens is 1. The van der Waals surface area contributed by atoms with Gasteiger partial charge in [-0.1, -0.05) is 13.8 Å². The van der Waals surface area contributed by atoms with Crippen molar-refractivity contribution in [3.8, 4) is 0 Å². The van der Waals surface area contributed by atoms with Crippen LogP contribution in [0.1, 0.15) is 33.1 Å². The van der Waals surface area contributed by atoms with Crippen molar-refractivity contribution in [3.05, 3.63) is 0 Å². The number of nitrogens with zero attached hydrogens (tertiary/aromatic N) is 1. The Morgan fingerprint density at radius 1 is 1.33 bits per heavy atom. The van der Waals surface area contributed by atoms with Crippen LogP contribution in [-0.4, -0.2) is 36.9 Å². The molecule has 0 aromatic heterocycles. The molecule has 1 aliphatic rings. The average Bonchev–Trinajstić information content (AvgIpc) is 2.27. The molecule has 5 heteroatoms. The molecule has 1 rings (SSSR count). The lowest BCUT2D eigenvalue weighted by molar-refractivity contribution is 0.419. The highest BCUT2D eigenvalue weighted by Gasteiger charge is 2.25. The molecule has 0 aliphatic carbocycles. The van der Waals surface area contributed by atoms with Gasteiger partial charge in [0.05, 0.1) is 5.75 Å². The third-order valence-corrected chi connectivity index (χ3v) is 5.23. The summed E-state index contributed by atoms with van der Waals surface area (Å²) in [6.07, 6.45) is 2.58. The Morgan fingerprint density at radius 2 is 2.00 bits per heavy atom. The summed E-state index contributed by atoms with van der Waals surface area (Å²) in [6, 6.07) is 0. The molecule has 0 aromatic carbocycles. The molecule has 1 fully saturated rings. The van der Waals surface area contributed by atoms with Crippen LogP contribution in [0.5, 0.6) is 0 Å². The van der Waals surface area contributed by atoms with E-state index in [0.29, 0.717) is 13.1 Å². The first-order valence-corrected chi connectivity index (χ1v) is 7.58. The van der Waals surface area contributed by atoms with Crippen molar-refractivity contribution in [2.45, 2.75) is 38.5 Å². The van der Waals surface area contributed by atoms with Crippen LogP contribution in [-0.2, 0) is 10.0 Å². The lowest BCUT2D eigenvalue weighted by atomic mass is 10.2. The Morgan fingerprint density at radius 3 is 2.60 bits per heavy atom. The number of hydrogen-bond acceptors (Lipinski definition) is 2. The monoisotopic (exact) mass is 253 g/mol. The third-order valence-electron chi connectivity index (χ3n) is 2.55. The van der Waals surface area contributed by atoms with Crippen LogP contribution in [0.15, 0.2) is 0 Å². The van der Waals surface area contributed by atoms with Crippen molar-refractivity contribution in [2.75, 3.05) is 18.8 Å². The minimum absolute atomic E-state index is 0.143. The van der Waals surface area contributed by atoms with E-state index in [4.69, 9.17) is 11.6 Å². The van der Waals surface area contributed by atoms with Crippen LogP contribution in [0.3, 0.4) is 0 Å². The molecule has 0 aromatic rings. The summed E-state index contributed by atoms with van der Waals surface area (Å²) >= 11 is 6.02. The normalized spacial score (nSPS) is 25.5. The lowest BCUT2D eigenvalue weighted by Crippen LogP contribution is -2.35. The van der Waals surface area contributed by atoms with Crippen molar-refractivity contribution >= 4 is 21.6 Å². The fourth-order valence-corrected chi connectivity index (χ4v) is 3.93. The third kappa shape index (κ3) is 4.29. The molecule has 0 amide bonds. The summed E-state index contributed by atoms with van der Waals surface area (Å²) in [7, 11) is -3.05. The highest BCUT2D eigenvalue weighted by Crippen LogP contribution is 2.19. The second-order valence-electron chi connectivity index (χ2n) is 4.60. The second-order valence-corrected chi connectivity index (χ2v) is 7.23. The fourth-order valence-electron chi connectivity index (χ4n) is 1.83. The Balaban J connectivity index is 2.62. The van der Waals surface area contributed by atoms with Gasteiger partial charge in [-0.2, -0.15) is 0 Å². The molecule has 3 nitrogen and oxygen atoms in total. The van der Waals surface area contributed by atoms with Crippen LogP contribution in [0.2, 0.25) is 0 Å². The van der Waals surface area contributed by atoms with Gasteiger partial charge in [-0.25, -0.2) is 12.7 Å². The van der Waals surface area contributed by atoms with E-state index >= 15 is 0 Å². The van der Waals surface area contributed by atoms with E-state index in [-0.39, 0.29) is 17.0 Å². The number of alkyl halides is 1. The SMILES string of the molecule is CC(C)CS(=O)(=O)N1CCCC(Cl)CC1. The van der Waals surface area contributed by atoms with Crippen molar-refractivity contribution in [2.24, 2.45) is 5.92 Å². The predicted molar refractivity (Wildman–Crippen MR) is 63.7 cm³/mol. The van der Waals surface area contributed by atoms with Crippen molar-refractivity contribution < 1.29 is 8.42 Å². The molecule has 1 saturated heterocycles. The minimum atomic E-state index is -3.05. The Bertz CT molecular complexity index is 290. The Kier molecular flexibility index (Phi) is 4.87. The zero-order chi connectivity index (χ0) is 11.5. The van der Waals surface area contributed by atoms with Crippen LogP contribution >= 0.6 is 11.6 Å². The molecule has 1 unspecified atom stereocenters. The molecule has 0 spiro atoms. The molecule has 0 radical (unpaired) electrons. The summed E-state index contributed by atoms with van der Waals surface area (Å²) in [4.78, 5) is 0. The van der Waals surface area contributed by atoms with E-state index in [0.717, 1.165) is 19.3 Å². The van der Waals surface area contributed by atoms with Crippen molar-refractivity contribution in [1.82, 2.24) is 4.31 Å². The van der Waals surface area contributed by atoms with Crippen LogP contribution in [0, 0.1) is 5.92 Å². The standard InChI is InChI=1S/C10H20ClNO2S/c1-9(2)8-15(13,14)12-6-3-4-10(11)5-7-12/h9-10H,3-8H2,1-2H3. The van der Waals surface area contributed by atoms with Gasteiger partial charge in [0.15, 0.2) is 0 Å². The summed E-state index contributed by atoms with van der Waals surface area (Å²) in [6.45, 7) is 5.08. The largest absolute Gasteiger partial charge is 0.214 e. The molecule has 90 valence electrons. The van der Waals surface area contributed by atoms with Crippen molar-refractivity contribution in [1.29, 1.82) is 0 Å². The molecule has 0 N–H and O–H groups in total. The maximum absolute atomic E-state index is 11.9. The van der Waals surface area contributed by atoms with Crippen LogP contribution < -0.4 is 0 Å². The fraction of sp³-hybridized carbons (Fsp3) is 1.00. The van der Waals surface area contributed by atoms with Crippen LogP contribution in [0.4, 0.5) is 0 Å². The van der Waals surface area contributed by atoms with Gasteiger partial charge in [-0.05, 0) is 25.2 Å². The summed E-state index contributed by atoms with van der Waals surface area (Å²) in [5.41, 5.74) is 0. The molecule has 1 heterocycles. The van der Waals surface area contributed by atoms with Gasteiger partial charge in [0.2, 0.25) is 10.0 Å². The smallest absolute Gasteiger partial charge is 0.212 e. The first-order chi connectivity index (χ1) is 6.92. The maximum Gasteiger partial charge on any atom is 0.214 e. The predicted octanol–water partition coefficient (Wildman–Crippen LogP) is 2.07.